The van der Waals surface area contributed by atoms with E-state index in [1.54, 1.807) is 49.6 Å². The van der Waals surface area contributed by atoms with E-state index >= 15 is 0 Å². The predicted octanol–water partition coefficient (Wildman–Crippen LogP) is 4.62. The molecule has 9 nitrogen and oxygen atoms in total. The van der Waals surface area contributed by atoms with Gasteiger partial charge < -0.3 is 10.1 Å². The van der Waals surface area contributed by atoms with Crippen LogP contribution in [0.1, 0.15) is 10.4 Å². The molecule has 0 fully saturated rings. The van der Waals surface area contributed by atoms with E-state index in [1.807, 2.05) is 0 Å². The molecular formula is C20H16N4O5. The molecule has 0 heterocycles. The van der Waals surface area contributed by atoms with E-state index in [9.17, 15) is 19.8 Å². The summed E-state index contributed by atoms with van der Waals surface area (Å²) in [5, 5.41) is 16.3. The number of amides is 1. The molecule has 0 radical (unpaired) electrons. The molecule has 3 aromatic rings. The van der Waals surface area contributed by atoms with Crippen LogP contribution in [0.5, 0.6) is 5.75 Å². The Morgan fingerprint density at radius 3 is 2.48 bits per heavy atom. The van der Waals surface area contributed by atoms with Crippen LogP contribution in [0.25, 0.3) is 11.1 Å². The Balaban J connectivity index is 1.91. The van der Waals surface area contributed by atoms with E-state index in [2.05, 4.69) is 16.0 Å². The van der Waals surface area contributed by atoms with Gasteiger partial charge in [0.15, 0.2) is 0 Å². The second-order valence-electron chi connectivity index (χ2n) is 5.95. The molecule has 0 saturated carbocycles. The number of carbonyl (C=O) groups excluding carboxylic acids is 1. The Bertz CT molecular complexity index is 1070. The highest BCUT2D eigenvalue weighted by Crippen LogP contribution is 2.32. The molecule has 3 aromatic carbocycles. The van der Waals surface area contributed by atoms with Crippen molar-refractivity contribution in [2.24, 2.45) is 5.29 Å². The summed E-state index contributed by atoms with van der Waals surface area (Å²) in [7, 11) is 1.56. The molecule has 2 N–H and O–H groups in total. The van der Waals surface area contributed by atoms with Crippen molar-refractivity contribution in [3.63, 3.8) is 0 Å². The third-order valence-electron chi connectivity index (χ3n) is 4.16. The Labute approximate surface area is 165 Å². The Morgan fingerprint density at radius 1 is 1.07 bits per heavy atom. The summed E-state index contributed by atoms with van der Waals surface area (Å²) in [6.07, 6.45) is 0. The van der Waals surface area contributed by atoms with Crippen molar-refractivity contribution in [1.29, 1.82) is 0 Å². The van der Waals surface area contributed by atoms with Crippen molar-refractivity contribution in [2.75, 3.05) is 17.9 Å². The van der Waals surface area contributed by atoms with E-state index in [0.29, 0.717) is 22.7 Å². The lowest BCUT2D eigenvalue weighted by Gasteiger charge is -2.12. The molecule has 0 aromatic heterocycles. The van der Waals surface area contributed by atoms with Gasteiger partial charge in [-0.2, -0.15) is 0 Å². The van der Waals surface area contributed by atoms with Crippen LogP contribution in [0.4, 0.5) is 17.1 Å². The smallest absolute Gasteiger partial charge is 0.270 e. The van der Waals surface area contributed by atoms with Gasteiger partial charge >= 0.3 is 0 Å². The van der Waals surface area contributed by atoms with Gasteiger partial charge in [0.05, 0.1) is 23.0 Å². The first kappa shape index (κ1) is 19.5. The number of rotatable bonds is 7. The van der Waals surface area contributed by atoms with E-state index in [-0.39, 0.29) is 11.3 Å². The first-order valence-electron chi connectivity index (χ1n) is 8.44. The highest BCUT2D eigenvalue weighted by atomic mass is 16.6. The lowest BCUT2D eigenvalue weighted by atomic mass is 10.0. The third kappa shape index (κ3) is 4.53. The van der Waals surface area contributed by atoms with E-state index < -0.39 is 10.8 Å². The summed E-state index contributed by atoms with van der Waals surface area (Å²) < 4.78 is 5.15. The topological polar surface area (TPSA) is 123 Å². The van der Waals surface area contributed by atoms with E-state index in [0.717, 1.165) is 5.56 Å². The molecule has 3 rings (SSSR count). The number of nitro benzene ring substituents is 1. The first-order chi connectivity index (χ1) is 14.0. The Hall–Kier alpha value is -4.27. The highest BCUT2D eigenvalue weighted by Gasteiger charge is 2.13. The standard InChI is InChI=1S/C20H16N4O5/c1-29-17-8-5-13(6-9-17)18-12-15(7-10-19(18)22-23-26)21-20(25)14-3-2-4-16(11-14)24(27)28/h2-12H,1H3,(H,21,25)(H,22,26). The summed E-state index contributed by atoms with van der Waals surface area (Å²) in [6, 6.07) is 17.4. The van der Waals surface area contributed by atoms with Gasteiger partial charge in [-0.15, -0.1) is 4.91 Å². The van der Waals surface area contributed by atoms with Crippen LogP contribution in [0.3, 0.4) is 0 Å². The zero-order valence-corrected chi connectivity index (χ0v) is 15.3. The molecule has 0 aliphatic heterocycles. The van der Waals surface area contributed by atoms with Gasteiger partial charge in [-0.1, -0.05) is 18.2 Å². The number of ether oxygens (including phenoxy) is 1. The summed E-state index contributed by atoms with van der Waals surface area (Å²) in [5.74, 6) is 0.176. The number of carbonyl (C=O) groups is 1. The fourth-order valence-electron chi connectivity index (χ4n) is 2.74. The van der Waals surface area contributed by atoms with Gasteiger partial charge in [0.2, 0.25) is 0 Å². The number of nitroso groups, excluding NO2 is 1. The van der Waals surface area contributed by atoms with Gasteiger partial charge in [-0.3, -0.25) is 14.9 Å². The molecule has 0 atom stereocenters. The maximum absolute atomic E-state index is 12.5. The summed E-state index contributed by atoms with van der Waals surface area (Å²) in [5.41, 5.74) is 4.67. The van der Waals surface area contributed by atoms with E-state index in [1.165, 1.54) is 24.3 Å². The van der Waals surface area contributed by atoms with Crippen LogP contribution < -0.4 is 15.5 Å². The van der Waals surface area contributed by atoms with Crippen molar-refractivity contribution in [3.05, 3.63) is 87.3 Å². The zero-order valence-electron chi connectivity index (χ0n) is 15.3. The Morgan fingerprint density at radius 2 is 1.83 bits per heavy atom. The number of hydrogen-bond donors (Lipinski definition) is 2. The molecule has 1 amide bonds. The molecule has 146 valence electrons. The third-order valence-corrected chi connectivity index (χ3v) is 4.16. The maximum Gasteiger partial charge on any atom is 0.270 e. The number of hydrogen-bond acceptors (Lipinski definition) is 6. The number of nitro groups is 1. The summed E-state index contributed by atoms with van der Waals surface area (Å²) in [6.45, 7) is 0. The van der Waals surface area contributed by atoms with Crippen LogP contribution in [0, 0.1) is 15.0 Å². The predicted molar refractivity (Wildman–Crippen MR) is 109 cm³/mol. The molecule has 0 unspecified atom stereocenters. The van der Waals surface area contributed by atoms with Crippen molar-refractivity contribution < 1.29 is 14.5 Å². The molecule has 9 heteroatoms. The van der Waals surface area contributed by atoms with Crippen molar-refractivity contribution >= 4 is 23.0 Å². The minimum absolute atomic E-state index is 0.155. The van der Waals surface area contributed by atoms with Gasteiger partial charge in [0.25, 0.3) is 11.6 Å². The number of benzene rings is 3. The van der Waals surface area contributed by atoms with Crippen LogP contribution in [0.2, 0.25) is 0 Å². The maximum atomic E-state index is 12.5. The number of nitrogens with zero attached hydrogens (tertiary/aromatic N) is 2. The molecule has 0 aliphatic rings. The monoisotopic (exact) mass is 392 g/mol. The molecule has 0 saturated heterocycles. The number of nitrogens with one attached hydrogen (secondary N) is 2. The number of methoxy groups -OCH3 is 1. The summed E-state index contributed by atoms with van der Waals surface area (Å²) >= 11 is 0. The fraction of sp³-hybridized carbons (Fsp3) is 0.0500. The number of anilines is 2. The number of non-ortho nitro benzene ring substituents is 1. The first-order valence-corrected chi connectivity index (χ1v) is 8.44. The van der Waals surface area contributed by atoms with Gasteiger partial charge in [0, 0.05) is 28.9 Å². The zero-order chi connectivity index (χ0) is 20.8. The highest BCUT2D eigenvalue weighted by molar-refractivity contribution is 6.05. The minimum Gasteiger partial charge on any atom is -0.497 e. The van der Waals surface area contributed by atoms with Crippen molar-refractivity contribution in [2.45, 2.75) is 0 Å². The molecule has 0 aliphatic carbocycles. The molecular weight excluding hydrogens is 376 g/mol. The van der Waals surface area contributed by atoms with Crippen LogP contribution in [-0.2, 0) is 0 Å². The van der Waals surface area contributed by atoms with Gasteiger partial charge in [-0.25, -0.2) is 5.43 Å². The second-order valence-corrected chi connectivity index (χ2v) is 5.95. The minimum atomic E-state index is -0.564. The average molecular weight is 392 g/mol. The quantitative estimate of drug-likeness (QED) is 0.344. The van der Waals surface area contributed by atoms with Gasteiger partial charge in [-0.05, 0) is 42.0 Å². The van der Waals surface area contributed by atoms with Crippen molar-refractivity contribution in [3.8, 4) is 16.9 Å². The van der Waals surface area contributed by atoms with Crippen LogP contribution >= 0.6 is 0 Å². The molecule has 0 bridgehead atoms. The average Bonchev–Trinajstić information content (AvgIpc) is 2.75. The lowest BCUT2D eigenvalue weighted by Crippen LogP contribution is -2.12. The summed E-state index contributed by atoms with van der Waals surface area (Å²) in [4.78, 5) is 33.5. The van der Waals surface area contributed by atoms with Crippen LogP contribution in [-0.4, -0.2) is 17.9 Å². The van der Waals surface area contributed by atoms with Crippen molar-refractivity contribution in [1.82, 2.24) is 0 Å². The fourth-order valence-corrected chi connectivity index (χ4v) is 2.74. The van der Waals surface area contributed by atoms with E-state index in [4.69, 9.17) is 4.74 Å². The molecule has 0 spiro atoms. The second kappa shape index (κ2) is 8.61. The molecule has 29 heavy (non-hydrogen) atoms. The largest absolute Gasteiger partial charge is 0.497 e. The van der Waals surface area contributed by atoms with Crippen LogP contribution in [0.15, 0.2) is 72.0 Å². The Kier molecular flexibility index (Phi) is 5.79. The lowest BCUT2D eigenvalue weighted by molar-refractivity contribution is -0.384. The van der Waals surface area contributed by atoms with Gasteiger partial charge in [0.1, 0.15) is 5.75 Å². The normalized spacial score (nSPS) is 10.1. The SMILES string of the molecule is COc1ccc(-c2cc(NC(=O)c3cccc([N+](=O)[O-])c3)ccc2NN=O)cc1.